The Morgan fingerprint density at radius 3 is 2.65 bits per heavy atom. The van der Waals surface area contributed by atoms with Crippen LogP contribution in [0.15, 0.2) is 4.99 Å². The van der Waals surface area contributed by atoms with E-state index in [0.29, 0.717) is 12.0 Å². The van der Waals surface area contributed by atoms with Gasteiger partial charge in [0, 0.05) is 12.6 Å². The Morgan fingerprint density at radius 1 is 1.30 bits per heavy atom. The van der Waals surface area contributed by atoms with Gasteiger partial charge in [-0.2, -0.15) is 0 Å². The SMILES string of the molecule is CCCCCCNC(N)=NCC(C)N1CCC(C)CC1. The molecule has 0 aromatic carbocycles. The fraction of sp³-hybridized carbons (Fsp3) is 0.938. The molecule has 0 aromatic rings. The highest BCUT2D eigenvalue weighted by molar-refractivity contribution is 5.77. The smallest absolute Gasteiger partial charge is 0.188 e. The van der Waals surface area contributed by atoms with Crippen LogP contribution >= 0.6 is 0 Å². The number of guanidine groups is 1. The molecule has 0 spiro atoms. The van der Waals surface area contributed by atoms with E-state index in [0.717, 1.165) is 19.0 Å². The predicted molar refractivity (Wildman–Crippen MR) is 88.1 cm³/mol. The number of piperidine rings is 1. The Hall–Kier alpha value is -0.770. The molecule has 1 fully saturated rings. The minimum atomic E-state index is 0.503. The second-order valence-electron chi connectivity index (χ2n) is 6.28. The topological polar surface area (TPSA) is 53.6 Å². The van der Waals surface area contributed by atoms with Gasteiger partial charge in [-0.15, -0.1) is 0 Å². The lowest BCUT2D eigenvalue weighted by atomic mass is 9.98. The molecule has 0 aromatic heterocycles. The minimum absolute atomic E-state index is 0.503. The van der Waals surface area contributed by atoms with Crippen molar-refractivity contribution in [1.82, 2.24) is 10.2 Å². The second-order valence-corrected chi connectivity index (χ2v) is 6.28. The summed E-state index contributed by atoms with van der Waals surface area (Å²) >= 11 is 0. The Balaban J connectivity index is 2.14. The molecule has 0 aliphatic carbocycles. The molecule has 1 unspecified atom stereocenters. The normalized spacial score (nSPS) is 20.1. The molecule has 1 rings (SSSR count). The number of aliphatic imine (C=N–C) groups is 1. The highest BCUT2D eigenvalue weighted by Gasteiger charge is 2.19. The fourth-order valence-corrected chi connectivity index (χ4v) is 2.64. The Morgan fingerprint density at radius 2 is 2.00 bits per heavy atom. The van der Waals surface area contributed by atoms with Crippen LogP contribution in [0.1, 0.15) is 59.3 Å². The van der Waals surface area contributed by atoms with E-state index in [4.69, 9.17) is 5.73 Å². The van der Waals surface area contributed by atoms with Gasteiger partial charge in [-0.25, -0.2) is 0 Å². The van der Waals surface area contributed by atoms with Crippen LogP contribution in [-0.2, 0) is 0 Å². The number of hydrogen-bond donors (Lipinski definition) is 2. The molecular formula is C16H34N4. The molecule has 1 heterocycles. The van der Waals surface area contributed by atoms with E-state index in [-0.39, 0.29) is 0 Å². The summed E-state index contributed by atoms with van der Waals surface area (Å²) in [5.74, 6) is 1.50. The van der Waals surface area contributed by atoms with Crippen LogP contribution in [-0.4, -0.2) is 43.1 Å². The van der Waals surface area contributed by atoms with Crippen LogP contribution in [0.5, 0.6) is 0 Å². The van der Waals surface area contributed by atoms with Gasteiger partial charge in [-0.3, -0.25) is 9.89 Å². The fourth-order valence-electron chi connectivity index (χ4n) is 2.64. The average Bonchev–Trinajstić information content (AvgIpc) is 2.45. The van der Waals surface area contributed by atoms with Crippen LogP contribution in [0, 0.1) is 5.92 Å². The number of rotatable bonds is 8. The van der Waals surface area contributed by atoms with Crippen molar-refractivity contribution in [3.63, 3.8) is 0 Å². The van der Waals surface area contributed by atoms with Gasteiger partial charge in [0.15, 0.2) is 5.96 Å². The van der Waals surface area contributed by atoms with E-state index in [1.807, 2.05) is 0 Å². The number of unbranched alkanes of at least 4 members (excludes halogenated alkanes) is 3. The zero-order valence-corrected chi connectivity index (χ0v) is 13.7. The van der Waals surface area contributed by atoms with Gasteiger partial charge < -0.3 is 11.1 Å². The number of nitrogens with one attached hydrogen (secondary N) is 1. The van der Waals surface area contributed by atoms with Gasteiger partial charge in [0.2, 0.25) is 0 Å². The summed E-state index contributed by atoms with van der Waals surface area (Å²) in [6.07, 6.45) is 7.68. The van der Waals surface area contributed by atoms with E-state index in [1.165, 1.54) is 51.6 Å². The summed E-state index contributed by atoms with van der Waals surface area (Å²) in [7, 11) is 0. The summed E-state index contributed by atoms with van der Waals surface area (Å²) in [5.41, 5.74) is 5.91. The molecule has 1 saturated heterocycles. The Kier molecular flexibility index (Phi) is 8.67. The van der Waals surface area contributed by atoms with Crippen molar-refractivity contribution in [2.75, 3.05) is 26.2 Å². The zero-order valence-electron chi connectivity index (χ0n) is 13.7. The van der Waals surface area contributed by atoms with Crippen molar-refractivity contribution in [3.8, 4) is 0 Å². The highest BCUT2D eigenvalue weighted by atomic mass is 15.2. The first-order chi connectivity index (χ1) is 9.63. The molecule has 4 heteroatoms. The van der Waals surface area contributed by atoms with Crippen LogP contribution in [0.2, 0.25) is 0 Å². The molecule has 20 heavy (non-hydrogen) atoms. The van der Waals surface area contributed by atoms with Crippen LogP contribution < -0.4 is 11.1 Å². The van der Waals surface area contributed by atoms with Crippen molar-refractivity contribution < 1.29 is 0 Å². The maximum atomic E-state index is 5.91. The van der Waals surface area contributed by atoms with Crippen LogP contribution in [0.4, 0.5) is 0 Å². The van der Waals surface area contributed by atoms with Crippen LogP contribution in [0.25, 0.3) is 0 Å². The summed E-state index contributed by atoms with van der Waals surface area (Å²) in [5, 5.41) is 3.22. The lowest BCUT2D eigenvalue weighted by Gasteiger charge is -2.34. The standard InChI is InChI=1S/C16H34N4/c1-4-5-6-7-10-18-16(17)19-13-15(3)20-11-8-14(2)9-12-20/h14-15H,4-13H2,1-3H3,(H3,17,18,19). The van der Waals surface area contributed by atoms with Gasteiger partial charge in [0.1, 0.15) is 0 Å². The second kappa shape index (κ2) is 10.0. The molecule has 0 bridgehead atoms. The lowest BCUT2D eigenvalue weighted by Crippen LogP contribution is -2.42. The largest absolute Gasteiger partial charge is 0.370 e. The lowest BCUT2D eigenvalue weighted by molar-refractivity contribution is 0.150. The Labute approximate surface area is 125 Å². The molecule has 0 amide bonds. The average molecular weight is 282 g/mol. The van der Waals surface area contributed by atoms with Crippen molar-refractivity contribution in [2.24, 2.45) is 16.6 Å². The first-order valence-corrected chi connectivity index (χ1v) is 8.41. The molecule has 1 atom stereocenters. The third-order valence-electron chi connectivity index (χ3n) is 4.30. The van der Waals surface area contributed by atoms with Crippen molar-refractivity contribution in [1.29, 1.82) is 0 Å². The van der Waals surface area contributed by atoms with E-state index in [9.17, 15) is 0 Å². The molecule has 118 valence electrons. The monoisotopic (exact) mass is 282 g/mol. The first kappa shape index (κ1) is 17.3. The van der Waals surface area contributed by atoms with Gasteiger partial charge in [0.05, 0.1) is 6.54 Å². The molecule has 0 saturated carbocycles. The Bertz CT molecular complexity index is 270. The maximum absolute atomic E-state index is 5.91. The molecule has 1 aliphatic heterocycles. The van der Waals surface area contributed by atoms with Crippen LogP contribution in [0.3, 0.4) is 0 Å². The van der Waals surface area contributed by atoms with Gasteiger partial charge in [-0.1, -0.05) is 33.1 Å². The molecule has 4 nitrogen and oxygen atoms in total. The summed E-state index contributed by atoms with van der Waals surface area (Å²) in [6, 6.07) is 0.503. The number of nitrogens with two attached hydrogens (primary N) is 1. The van der Waals surface area contributed by atoms with Gasteiger partial charge in [0.25, 0.3) is 0 Å². The van der Waals surface area contributed by atoms with Gasteiger partial charge >= 0.3 is 0 Å². The molecule has 0 radical (unpaired) electrons. The highest BCUT2D eigenvalue weighted by Crippen LogP contribution is 2.17. The van der Waals surface area contributed by atoms with Crippen molar-refractivity contribution in [3.05, 3.63) is 0 Å². The third kappa shape index (κ3) is 7.13. The first-order valence-electron chi connectivity index (χ1n) is 8.41. The van der Waals surface area contributed by atoms with E-state index >= 15 is 0 Å². The van der Waals surface area contributed by atoms with E-state index in [1.54, 1.807) is 0 Å². The minimum Gasteiger partial charge on any atom is -0.370 e. The van der Waals surface area contributed by atoms with E-state index < -0.39 is 0 Å². The zero-order chi connectivity index (χ0) is 14.8. The van der Waals surface area contributed by atoms with Gasteiger partial charge in [-0.05, 0) is 45.2 Å². The summed E-state index contributed by atoms with van der Waals surface area (Å²) in [6.45, 7) is 11.0. The third-order valence-corrected chi connectivity index (χ3v) is 4.30. The van der Waals surface area contributed by atoms with Crippen molar-refractivity contribution >= 4 is 5.96 Å². The summed E-state index contributed by atoms with van der Waals surface area (Å²) < 4.78 is 0. The molecule has 3 N–H and O–H groups in total. The molecular weight excluding hydrogens is 248 g/mol. The number of hydrogen-bond acceptors (Lipinski definition) is 2. The number of nitrogens with zero attached hydrogens (tertiary/aromatic N) is 2. The van der Waals surface area contributed by atoms with Crippen molar-refractivity contribution in [2.45, 2.75) is 65.3 Å². The molecule has 1 aliphatic rings. The quantitative estimate of drug-likeness (QED) is 0.409. The summed E-state index contributed by atoms with van der Waals surface area (Å²) in [4.78, 5) is 7.02. The van der Waals surface area contributed by atoms with E-state index in [2.05, 4.69) is 36.0 Å². The number of likely N-dealkylation sites (tertiary alicyclic amines) is 1. The predicted octanol–water partition coefficient (Wildman–Crippen LogP) is 2.59. The maximum Gasteiger partial charge on any atom is 0.188 e.